The molecule has 0 atom stereocenters. The molecule has 0 aromatic carbocycles. The molecule has 13 heavy (non-hydrogen) atoms. The zero-order valence-electron chi connectivity index (χ0n) is 8.28. The van der Waals surface area contributed by atoms with Gasteiger partial charge in [0.1, 0.15) is 0 Å². The number of unbranched alkanes of at least 4 members (excludes halogenated alkanes) is 3. The molecule has 0 saturated heterocycles. The van der Waals surface area contributed by atoms with Gasteiger partial charge < -0.3 is 0 Å². The van der Waals surface area contributed by atoms with Crippen LogP contribution in [-0.2, 0) is 18.8 Å². The Morgan fingerprint density at radius 2 is 1.69 bits per heavy atom. The van der Waals surface area contributed by atoms with Gasteiger partial charge in [0, 0.05) is 0 Å². The van der Waals surface area contributed by atoms with Crippen LogP contribution in [0.15, 0.2) is 0 Å². The van der Waals surface area contributed by atoms with Crippen LogP contribution in [0.25, 0.3) is 0 Å². The fourth-order valence-corrected chi connectivity index (χ4v) is 1.55. The lowest BCUT2D eigenvalue weighted by Gasteiger charge is -2.03. The minimum absolute atomic E-state index is 0.122. The van der Waals surface area contributed by atoms with Crippen molar-refractivity contribution in [1.82, 2.24) is 0 Å². The zero-order valence-corrected chi connectivity index (χ0v) is 9.10. The van der Waals surface area contributed by atoms with Crippen molar-refractivity contribution in [1.29, 1.82) is 0 Å². The van der Waals surface area contributed by atoms with Crippen LogP contribution in [0.5, 0.6) is 0 Å². The lowest BCUT2D eigenvalue weighted by molar-refractivity contribution is 0.218. The quantitative estimate of drug-likeness (QED) is 0.574. The van der Waals surface area contributed by atoms with Crippen LogP contribution in [0.1, 0.15) is 39.5 Å². The molecule has 0 bridgehead atoms. The SMILES string of the molecule is CCCCCCOS(=O)(=O)OCC. The van der Waals surface area contributed by atoms with Crippen LogP contribution in [0.4, 0.5) is 0 Å². The number of hydrogen-bond donors (Lipinski definition) is 0. The van der Waals surface area contributed by atoms with Crippen molar-refractivity contribution in [3.8, 4) is 0 Å². The molecule has 0 aromatic rings. The predicted molar refractivity (Wildman–Crippen MR) is 50.6 cm³/mol. The summed E-state index contributed by atoms with van der Waals surface area (Å²) >= 11 is 0. The van der Waals surface area contributed by atoms with Crippen molar-refractivity contribution < 1.29 is 16.8 Å². The molecule has 0 aliphatic heterocycles. The summed E-state index contributed by atoms with van der Waals surface area (Å²) in [5.74, 6) is 0. The minimum atomic E-state index is -3.72. The lowest BCUT2D eigenvalue weighted by atomic mass is 10.2. The summed E-state index contributed by atoms with van der Waals surface area (Å²) in [6.45, 7) is 4.05. The third-order valence-electron chi connectivity index (χ3n) is 1.49. The molecule has 0 heterocycles. The summed E-state index contributed by atoms with van der Waals surface area (Å²) in [5, 5.41) is 0. The highest BCUT2D eigenvalue weighted by molar-refractivity contribution is 7.81. The van der Waals surface area contributed by atoms with Gasteiger partial charge in [0.05, 0.1) is 13.2 Å². The van der Waals surface area contributed by atoms with Crippen LogP contribution in [0, 0.1) is 0 Å². The maximum absolute atomic E-state index is 10.8. The van der Waals surface area contributed by atoms with Crippen LogP contribution >= 0.6 is 0 Å². The largest absolute Gasteiger partial charge is 0.399 e. The van der Waals surface area contributed by atoms with E-state index < -0.39 is 10.4 Å². The Hall–Kier alpha value is -0.130. The first kappa shape index (κ1) is 12.9. The van der Waals surface area contributed by atoms with Crippen molar-refractivity contribution in [2.24, 2.45) is 0 Å². The van der Waals surface area contributed by atoms with E-state index in [2.05, 4.69) is 15.3 Å². The monoisotopic (exact) mass is 210 g/mol. The van der Waals surface area contributed by atoms with Gasteiger partial charge in [-0.05, 0) is 13.3 Å². The summed E-state index contributed by atoms with van der Waals surface area (Å²) in [6, 6.07) is 0. The highest BCUT2D eigenvalue weighted by Gasteiger charge is 2.08. The molecule has 0 unspecified atom stereocenters. The summed E-state index contributed by atoms with van der Waals surface area (Å²) in [6.07, 6.45) is 3.99. The Morgan fingerprint density at radius 3 is 2.23 bits per heavy atom. The predicted octanol–water partition coefficient (Wildman–Crippen LogP) is 1.86. The Bertz CT molecular complexity index is 198. The molecule has 0 rings (SSSR count). The van der Waals surface area contributed by atoms with E-state index in [1.807, 2.05) is 0 Å². The molecular formula is C8H18O4S. The first-order valence-electron chi connectivity index (χ1n) is 4.66. The maximum Gasteiger partial charge on any atom is 0.399 e. The Morgan fingerprint density at radius 1 is 1.00 bits per heavy atom. The van der Waals surface area contributed by atoms with Gasteiger partial charge in [-0.2, -0.15) is 8.42 Å². The van der Waals surface area contributed by atoms with Crippen LogP contribution in [0.3, 0.4) is 0 Å². The van der Waals surface area contributed by atoms with E-state index in [1.165, 1.54) is 0 Å². The van der Waals surface area contributed by atoms with Crippen LogP contribution in [-0.4, -0.2) is 21.6 Å². The van der Waals surface area contributed by atoms with E-state index in [-0.39, 0.29) is 13.2 Å². The molecule has 0 saturated carbocycles. The van der Waals surface area contributed by atoms with E-state index in [0.717, 1.165) is 25.7 Å². The van der Waals surface area contributed by atoms with Gasteiger partial charge >= 0.3 is 10.4 Å². The zero-order chi connectivity index (χ0) is 10.2. The minimum Gasteiger partial charge on any atom is -0.248 e. The molecule has 0 radical (unpaired) electrons. The summed E-state index contributed by atoms with van der Waals surface area (Å²) in [7, 11) is -3.72. The Kier molecular flexibility index (Phi) is 7.22. The van der Waals surface area contributed by atoms with Gasteiger partial charge in [0.15, 0.2) is 0 Å². The highest BCUT2D eigenvalue weighted by atomic mass is 32.3. The van der Waals surface area contributed by atoms with Gasteiger partial charge in [-0.1, -0.05) is 26.2 Å². The van der Waals surface area contributed by atoms with E-state index in [9.17, 15) is 8.42 Å². The van der Waals surface area contributed by atoms with Gasteiger partial charge in [0.2, 0.25) is 0 Å². The van der Waals surface area contributed by atoms with Gasteiger partial charge in [0.25, 0.3) is 0 Å². The first-order chi connectivity index (χ1) is 6.12. The van der Waals surface area contributed by atoms with Gasteiger partial charge in [-0.3, -0.25) is 0 Å². The first-order valence-corrected chi connectivity index (χ1v) is 5.99. The highest BCUT2D eigenvalue weighted by Crippen LogP contribution is 2.02. The van der Waals surface area contributed by atoms with Crippen molar-refractivity contribution >= 4 is 10.4 Å². The van der Waals surface area contributed by atoms with Crippen LogP contribution < -0.4 is 0 Å². The number of hydrogen-bond acceptors (Lipinski definition) is 4. The van der Waals surface area contributed by atoms with Crippen molar-refractivity contribution in [3.63, 3.8) is 0 Å². The van der Waals surface area contributed by atoms with Crippen molar-refractivity contribution in [3.05, 3.63) is 0 Å². The van der Waals surface area contributed by atoms with E-state index in [4.69, 9.17) is 0 Å². The molecule has 4 nitrogen and oxygen atoms in total. The van der Waals surface area contributed by atoms with E-state index >= 15 is 0 Å². The summed E-state index contributed by atoms with van der Waals surface area (Å²) < 4.78 is 30.6. The van der Waals surface area contributed by atoms with Gasteiger partial charge in [-0.15, -0.1) is 0 Å². The Labute approximate surface area is 80.6 Å². The molecule has 0 aliphatic carbocycles. The molecule has 80 valence electrons. The van der Waals surface area contributed by atoms with E-state index in [0.29, 0.717) is 0 Å². The summed E-state index contributed by atoms with van der Waals surface area (Å²) in [5.41, 5.74) is 0. The molecule has 0 N–H and O–H groups in total. The second kappa shape index (κ2) is 7.29. The van der Waals surface area contributed by atoms with Crippen LogP contribution in [0.2, 0.25) is 0 Å². The van der Waals surface area contributed by atoms with Crippen molar-refractivity contribution in [2.75, 3.05) is 13.2 Å². The molecule has 0 aromatic heterocycles. The molecular weight excluding hydrogens is 192 g/mol. The fraction of sp³-hybridized carbons (Fsp3) is 1.00. The second-order valence-corrected chi connectivity index (χ2v) is 3.99. The molecule has 0 amide bonds. The molecule has 0 fully saturated rings. The summed E-state index contributed by atoms with van der Waals surface area (Å²) in [4.78, 5) is 0. The van der Waals surface area contributed by atoms with Gasteiger partial charge in [-0.25, -0.2) is 8.37 Å². The topological polar surface area (TPSA) is 52.6 Å². The third kappa shape index (κ3) is 8.21. The number of rotatable bonds is 8. The second-order valence-electron chi connectivity index (χ2n) is 2.70. The average molecular weight is 210 g/mol. The smallest absolute Gasteiger partial charge is 0.248 e. The molecule has 5 heteroatoms. The normalized spacial score (nSPS) is 11.8. The van der Waals surface area contributed by atoms with Crippen molar-refractivity contribution in [2.45, 2.75) is 39.5 Å². The third-order valence-corrected chi connectivity index (χ3v) is 2.47. The maximum atomic E-state index is 10.8. The fourth-order valence-electron chi connectivity index (χ4n) is 0.868. The average Bonchev–Trinajstić information content (AvgIpc) is 2.04. The molecule has 0 spiro atoms. The Balaban J connectivity index is 3.41. The van der Waals surface area contributed by atoms with E-state index in [1.54, 1.807) is 6.92 Å². The lowest BCUT2D eigenvalue weighted by Crippen LogP contribution is -2.10. The standard InChI is InChI=1S/C8H18O4S/c1-3-5-6-7-8-12-13(9,10)11-4-2/h3-8H2,1-2H3. The molecule has 0 aliphatic rings.